The minimum absolute atomic E-state index is 0.113. The zero-order chi connectivity index (χ0) is 23.8. The molecule has 0 fully saturated rings. The number of carbonyl (C=O) groups is 1. The summed E-state index contributed by atoms with van der Waals surface area (Å²) < 4.78 is 52.7. The van der Waals surface area contributed by atoms with Gasteiger partial charge in [0.15, 0.2) is 9.84 Å². The van der Waals surface area contributed by atoms with Gasteiger partial charge in [-0.25, -0.2) is 16.8 Å². The first kappa shape index (κ1) is 23.9. The molecule has 0 radical (unpaired) electrons. The Morgan fingerprint density at radius 1 is 0.879 bits per heavy atom. The molecule has 2 aromatic carbocycles. The molecule has 178 valence electrons. The number of sulfonamides is 1. The molecule has 1 amide bonds. The van der Waals surface area contributed by atoms with Crippen LogP contribution in [0, 0.1) is 0 Å². The predicted molar refractivity (Wildman–Crippen MR) is 128 cm³/mol. The number of sulfone groups is 1. The highest BCUT2D eigenvalue weighted by atomic mass is 32.2. The Hall–Kier alpha value is -2.23. The lowest BCUT2D eigenvalue weighted by Gasteiger charge is -2.20. The van der Waals surface area contributed by atoms with Crippen LogP contribution in [0.15, 0.2) is 46.2 Å². The second kappa shape index (κ2) is 9.19. The van der Waals surface area contributed by atoms with Gasteiger partial charge in [0.05, 0.1) is 15.5 Å². The van der Waals surface area contributed by atoms with Gasteiger partial charge in [-0.2, -0.15) is 4.31 Å². The van der Waals surface area contributed by atoms with Crippen LogP contribution in [0.3, 0.4) is 0 Å². The van der Waals surface area contributed by atoms with Gasteiger partial charge in [-0.15, -0.1) is 0 Å². The minimum Gasteiger partial charge on any atom is -0.312 e. The number of anilines is 1. The van der Waals surface area contributed by atoms with E-state index in [1.807, 2.05) is 6.07 Å². The van der Waals surface area contributed by atoms with Crippen molar-refractivity contribution in [3.8, 4) is 0 Å². The molecule has 1 aliphatic heterocycles. The van der Waals surface area contributed by atoms with Gasteiger partial charge in [0, 0.05) is 31.7 Å². The van der Waals surface area contributed by atoms with E-state index >= 15 is 0 Å². The van der Waals surface area contributed by atoms with E-state index in [1.54, 1.807) is 43.0 Å². The highest BCUT2D eigenvalue weighted by molar-refractivity contribution is 7.91. The summed E-state index contributed by atoms with van der Waals surface area (Å²) in [5, 5.41) is 0. The molecule has 0 saturated heterocycles. The highest BCUT2D eigenvalue weighted by Gasteiger charge is 2.29. The van der Waals surface area contributed by atoms with Crippen molar-refractivity contribution in [3.05, 3.63) is 53.1 Å². The predicted octanol–water partition coefficient (Wildman–Crippen LogP) is 2.96. The number of carbonyl (C=O) groups excluding carboxylic acids is 1. The largest absolute Gasteiger partial charge is 0.312 e. The summed E-state index contributed by atoms with van der Waals surface area (Å²) in [4.78, 5) is 15.0. The van der Waals surface area contributed by atoms with Gasteiger partial charge in [0.2, 0.25) is 15.9 Å². The number of amides is 1. The highest BCUT2D eigenvalue weighted by Crippen LogP contribution is 2.32. The fraction of sp³-hybridized carbons (Fsp3) is 0.458. The van der Waals surface area contributed by atoms with E-state index in [1.165, 1.54) is 15.9 Å². The maximum absolute atomic E-state index is 12.9. The summed E-state index contributed by atoms with van der Waals surface area (Å²) in [6.45, 7) is 4.79. The molecule has 0 N–H and O–H groups in total. The van der Waals surface area contributed by atoms with Crippen molar-refractivity contribution < 1.29 is 21.6 Å². The van der Waals surface area contributed by atoms with Crippen molar-refractivity contribution in [1.82, 2.24) is 4.31 Å². The monoisotopic (exact) mass is 490 g/mol. The summed E-state index contributed by atoms with van der Waals surface area (Å²) in [5.41, 5.74) is 3.75. The van der Waals surface area contributed by atoms with Gasteiger partial charge in [-0.1, -0.05) is 19.9 Å². The van der Waals surface area contributed by atoms with Crippen LogP contribution >= 0.6 is 0 Å². The number of aryl methyl sites for hydroxylation is 2. The number of hydrogen-bond donors (Lipinski definition) is 0. The van der Waals surface area contributed by atoms with E-state index in [0.717, 1.165) is 30.4 Å². The van der Waals surface area contributed by atoms with E-state index in [0.29, 0.717) is 31.7 Å². The molecule has 0 unspecified atom stereocenters. The van der Waals surface area contributed by atoms with Crippen molar-refractivity contribution in [2.24, 2.45) is 0 Å². The molecule has 1 aliphatic carbocycles. The number of fused-ring (bicyclic) bond motifs is 2. The van der Waals surface area contributed by atoms with Crippen LogP contribution in [-0.4, -0.2) is 52.4 Å². The molecule has 0 bridgehead atoms. The van der Waals surface area contributed by atoms with Crippen LogP contribution in [0.1, 0.15) is 43.4 Å². The zero-order valence-electron chi connectivity index (χ0n) is 19.1. The van der Waals surface area contributed by atoms with Crippen LogP contribution in [0.2, 0.25) is 0 Å². The molecule has 4 rings (SSSR count). The molecular weight excluding hydrogens is 460 g/mol. The average Bonchev–Trinajstić information content (AvgIpc) is 3.44. The van der Waals surface area contributed by atoms with Gasteiger partial charge in [0.25, 0.3) is 0 Å². The molecular formula is C24H30N2O5S2. The van der Waals surface area contributed by atoms with Crippen molar-refractivity contribution >= 4 is 31.5 Å². The SMILES string of the molecule is CCN(CC)S(=O)(=O)c1ccc2c(c1)CCN2C(=O)CCS(=O)(=O)c1ccc2c(c1)CCC2. The van der Waals surface area contributed by atoms with E-state index in [4.69, 9.17) is 0 Å². The first-order chi connectivity index (χ1) is 15.7. The summed E-state index contributed by atoms with van der Waals surface area (Å²) in [6, 6.07) is 10.1. The summed E-state index contributed by atoms with van der Waals surface area (Å²) >= 11 is 0. The van der Waals surface area contributed by atoms with Crippen LogP contribution in [0.25, 0.3) is 0 Å². The van der Waals surface area contributed by atoms with Gasteiger partial charge < -0.3 is 4.90 Å². The third-order valence-electron chi connectivity index (χ3n) is 6.60. The minimum atomic E-state index is -3.57. The Morgan fingerprint density at radius 2 is 1.55 bits per heavy atom. The van der Waals surface area contributed by atoms with E-state index in [-0.39, 0.29) is 27.9 Å². The van der Waals surface area contributed by atoms with Crippen molar-refractivity contribution in [2.45, 2.75) is 55.7 Å². The summed E-state index contributed by atoms with van der Waals surface area (Å²) in [7, 11) is -7.13. The molecule has 0 saturated carbocycles. The summed E-state index contributed by atoms with van der Waals surface area (Å²) in [5.74, 6) is -0.511. The summed E-state index contributed by atoms with van der Waals surface area (Å²) in [6.07, 6.45) is 3.36. The fourth-order valence-corrected chi connectivity index (χ4v) is 7.51. The van der Waals surface area contributed by atoms with Gasteiger partial charge in [-0.3, -0.25) is 4.79 Å². The number of rotatable bonds is 8. The van der Waals surface area contributed by atoms with Crippen LogP contribution < -0.4 is 4.90 Å². The Labute approximate surface area is 196 Å². The van der Waals surface area contributed by atoms with E-state index < -0.39 is 19.9 Å². The number of benzene rings is 2. The molecule has 0 aromatic heterocycles. The maximum Gasteiger partial charge on any atom is 0.243 e. The second-order valence-electron chi connectivity index (χ2n) is 8.53. The van der Waals surface area contributed by atoms with E-state index in [2.05, 4.69) is 0 Å². The molecule has 2 aromatic rings. The first-order valence-electron chi connectivity index (χ1n) is 11.5. The van der Waals surface area contributed by atoms with Gasteiger partial charge in [0.1, 0.15) is 0 Å². The van der Waals surface area contributed by atoms with Crippen LogP contribution in [0.5, 0.6) is 0 Å². The van der Waals surface area contributed by atoms with Crippen molar-refractivity contribution in [1.29, 1.82) is 0 Å². The fourth-order valence-electron chi connectivity index (χ4n) is 4.73. The second-order valence-corrected chi connectivity index (χ2v) is 12.6. The topological polar surface area (TPSA) is 91.8 Å². The Kier molecular flexibility index (Phi) is 6.66. The molecule has 33 heavy (non-hydrogen) atoms. The smallest absolute Gasteiger partial charge is 0.243 e. The van der Waals surface area contributed by atoms with Crippen molar-refractivity contribution in [2.75, 3.05) is 30.3 Å². The Balaban J connectivity index is 1.47. The van der Waals surface area contributed by atoms with Gasteiger partial charge in [-0.05, 0) is 72.7 Å². The third-order valence-corrected chi connectivity index (χ3v) is 10.4. The Morgan fingerprint density at radius 3 is 2.27 bits per heavy atom. The van der Waals surface area contributed by atoms with Gasteiger partial charge >= 0.3 is 0 Å². The molecule has 0 spiro atoms. The molecule has 9 heteroatoms. The average molecular weight is 491 g/mol. The lowest BCUT2D eigenvalue weighted by Crippen LogP contribution is -2.31. The quantitative estimate of drug-likeness (QED) is 0.567. The molecule has 1 heterocycles. The normalized spacial score (nSPS) is 15.7. The third kappa shape index (κ3) is 4.58. The van der Waals surface area contributed by atoms with E-state index in [9.17, 15) is 21.6 Å². The molecule has 0 atom stereocenters. The molecule has 7 nitrogen and oxygen atoms in total. The maximum atomic E-state index is 12.9. The van der Waals surface area contributed by atoms with Crippen LogP contribution in [-0.2, 0) is 43.9 Å². The first-order valence-corrected chi connectivity index (χ1v) is 14.5. The molecule has 2 aliphatic rings. The zero-order valence-corrected chi connectivity index (χ0v) is 20.7. The lowest BCUT2D eigenvalue weighted by molar-refractivity contribution is -0.118. The lowest BCUT2D eigenvalue weighted by atomic mass is 10.1. The van der Waals surface area contributed by atoms with Crippen LogP contribution in [0.4, 0.5) is 5.69 Å². The standard InChI is InChI=1S/C24H30N2O5S2/c1-3-25(4-2)33(30,31)22-10-11-23-20(17-22)12-14-26(23)24(27)13-15-32(28,29)21-9-8-18-6-5-7-19(18)16-21/h8-11,16-17H,3-7,12-15H2,1-2H3. The Bertz CT molecular complexity index is 1280. The number of hydrogen-bond acceptors (Lipinski definition) is 5. The van der Waals surface area contributed by atoms with Crippen molar-refractivity contribution in [3.63, 3.8) is 0 Å². The number of nitrogens with zero attached hydrogens (tertiary/aromatic N) is 2.